The zero-order chi connectivity index (χ0) is 14.0. The molecule has 2 saturated heterocycles. The molecule has 1 spiro atoms. The number of amides is 1. The fourth-order valence-electron chi connectivity index (χ4n) is 3.02. The fourth-order valence-corrected chi connectivity index (χ4v) is 3.02. The third-order valence-electron chi connectivity index (χ3n) is 4.26. The molecule has 0 bridgehead atoms. The third-order valence-corrected chi connectivity index (χ3v) is 4.26. The van der Waals surface area contributed by atoms with Crippen molar-refractivity contribution in [3.8, 4) is 0 Å². The summed E-state index contributed by atoms with van der Waals surface area (Å²) in [4.78, 5) is 14.6. The lowest BCUT2D eigenvalue weighted by Crippen LogP contribution is -2.60. The van der Waals surface area contributed by atoms with Crippen molar-refractivity contribution in [2.75, 3.05) is 33.0 Å². The average molecular weight is 275 g/mol. The number of ether oxygens (including phenoxy) is 2. The quantitative estimate of drug-likeness (QED) is 0.822. The van der Waals surface area contributed by atoms with Gasteiger partial charge in [-0.1, -0.05) is 29.8 Å². The predicted octanol–water partition coefficient (Wildman–Crippen LogP) is 1.56. The van der Waals surface area contributed by atoms with Gasteiger partial charge in [0.15, 0.2) is 0 Å². The summed E-state index contributed by atoms with van der Waals surface area (Å²) in [6.07, 6.45) is 1.34. The van der Waals surface area contributed by atoms with Gasteiger partial charge in [0.2, 0.25) is 5.91 Å². The lowest BCUT2D eigenvalue weighted by Gasteiger charge is -2.43. The Bertz CT molecular complexity index is 477. The molecule has 1 aromatic rings. The molecule has 0 saturated carbocycles. The number of aryl methyl sites for hydroxylation is 1. The largest absolute Gasteiger partial charge is 0.379 e. The van der Waals surface area contributed by atoms with Gasteiger partial charge in [0.05, 0.1) is 31.8 Å². The van der Waals surface area contributed by atoms with E-state index in [9.17, 15) is 4.79 Å². The zero-order valence-electron chi connectivity index (χ0n) is 11.9. The van der Waals surface area contributed by atoms with Crippen LogP contribution >= 0.6 is 0 Å². The maximum Gasteiger partial charge on any atom is 0.227 e. The summed E-state index contributed by atoms with van der Waals surface area (Å²) in [7, 11) is 0. The summed E-state index contributed by atoms with van der Waals surface area (Å²) in [5, 5.41) is 0. The predicted molar refractivity (Wildman–Crippen MR) is 75.6 cm³/mol. The molecule has 108 valence electrons. The minimum Gasteiger partial charge on any atom is -0.379 e. The fraction of sp³-hybridized carbons (Fsp3) is 0.562. The highest BCUT2D eigenvalue weighted by molar-refractivity contribution is 5.79. The Morgan fingerprint density at radius 2 is 1.90 bits per heavy atom. The average Bonchev–Trinajstić information content (AvgIpc) is 2.90. The van der Waals surface area contributed by atoms with Crippen LogP contribution in [0, 0.1) is 6.92 Å². The van der Waals surface area contributed by atoms with Gasteiger partial charge in [-0.25, -0.2) is 0 Å². The first kappa shape index (κ1) is 13.6. The van der Waals surface area contributed by atoms with Crippen LogP contribution in [0.3, 0.4) is 0 Å². The molecular weight excluding hydrogens is 254 g/mol. The van der Waals surface area contributed by atoms with E-state index in [4.69, 9.17) is 9.47 Å². The number of morpholine rings is 1. The van der Waals surface area contributed by atoms with E-state index in [1.54, 1.807) is 0 Å². The third kappa shape index (κ3) is 2.58. The number of benzene rings is 1. The number of rotatable bonds is 2. The summed E-state index contributed by atoms with van der Waals surface area (Å²) in [5.74, 6) is 0.183. The smallest absolute Gasteiger partial charge is 0.227 e. The second-order valence-corrected chi connectivity index (χ2v) is 5.79. The molecule has 20 heavy (non-hydrogen) atoms. The van der Waals surface area contributed by atoms with E-state index in [0.29, 0.717) is 32.8 Å². The Labute approximate surface area is 119 Å². The van der Waals surface area contributed by atoms with Crippen molar-refractivity contribution in [1.29, 1.82) is 0 Å². The lowest BCUT2D eigenvalue weighted by atomic mass is 9.95. The maximum atomic E-state index is 12.6. The molecule has 2 fully saturated rings. The van der Waals surface area contributed by atoms with E-state index in [2.05, 4.69) is 19.1 Å². The van der Waals surface area contributed by atoms with E-state index >= 15 is 0 Å². The Morgan fingerprint density at radius 3 is 2.60 bits per heavy atom. The number of hydrogen-bond acceptors (Lipinski definition) is 3. The molecule has 2 heterocycles. The molecule has 2 aliphatic rings. The first-order valence-electron chi connectivity index (χ1n) is 7.21. The molecule has 0 aliphatic carbocycles. The van der Waals surface area contributed by atoms with E-state index in [1.165, 1.54) is 5.56 Å². The number of carbonyl (C=O) groups excluding carboxylic acids is 1. The molecule has 0 N–H and O–H groups in total. The van der Waals surface area contributed by atoms with Crippen LogP contribution < -0.4 is 0 Å². The van der Waals surface area contributed by atoms with Crippen molar-refractivity contribution < 1.29 is 14.3 Å². The van der Waals surface area contributed by atoms with Crippen LogP contribution in [0.1, 0.15) is 17.5 Å². The van der Waals surface area contributed by atoms with Gasteiger partial charge in [-0.15, -0.1) is 0 Å². The standard InChI is InChI=1S/C16H21NO3/c1-13-2-4-14(5-3-13)10-15(18)17-7-9-20-12-16(17)6-8-19-11-16/h2-5H,6-12H2,1H3/t16-/m0/s1. The molecule has 0 radical (unpaired) electrons. The van der Waals surface area contributed by atoms with Crippen molar-refractivity contribution in [3.63, 3.8) is 0 Å². The molecule has 0 aromatic heterocycles. The van der Waals surface area contributed by atoms with Crippen LogP contribution in [-0.2, 0) is 20.7 Å². The molecule has 1 amide bonds. The monoisotopic (exact) mass is 275 g/mol. The summed E-state index contributed by atoms with van der Waals surface area (Å²) in [6.45, 7) is 5.28. The van der Waals surface area contributed by atoms with Crippen molar-refractivity contribution in [3.05, 3.63) is 35.4 Å². The van der Waals surface area contributed by atoms with Crippen molar-refractivity contribution in [1.82, 2.24) is 4.90 Å². The van der Waals surface area contributed by atoms with Crippen molar-refractivity contribution >= 4 is 5.91 Å². The molecule has 1 atom stereocenters. The second kappa shape index (κ2) is 5.54. The highest BCUT2D eigenvalue weighted by Gasteiger charge is 2.45. The highest BCUT2D eigenvalue weighted by atomic mass is 16.5. The zero-order valence-corrected chi connectivity index (χ0v) is 11.9. The van der Waals surface area contributed by atoms with Gasteiger partial charge in [-0.05, 0) is 18.9 Å². The second-order valence-electron chi connectivity index (χ2n) is 5.79. The van der Waals surface area contributed by atoms with Crippen molar-refractivity contribution in [2.24, 2.45) is 0 Å². The Hall–Kier alpha value is -1.39. The first-order chi connectivity index (χ1) is 9.70. The molecule has 2 aliphatic heterocycles. The van der Waals surface area contributed by atoms with Crippen LogP contribution in [-0.4, -0.2) is 49.3 Å². The normalized spacial score (nSPS) is 26.1. The van der Waals surface area contributed by atoms with Gasteiger partial charge in [0.1, 0.15) is 0 Å². The summed E-state index contributed by atoms with van der Waals surface area (Å²) < 4.78 is 11.1. The van der Waals surface area contributed by atoms with Crippen LogP contribution in [0.25, 0.3) is 0 Å². The Morgan fingerprint density at radius 1 is 1.20 bits per heavy atom. The van der Waals surface area contributed by atoms with Gasteiger partial charge >= 0.3 is 0 Å². The van der Waals surface area contributed by atoms with Gasteiger partial charge in [0.25, 0.3) is 0 Å². The van der Waals surface area contributed by atoms with Gasteiger partial charge in [-0.2, -0.15) is 0 Å². The van der Waals surface area contributed by atoms with E-state index < -0.39 is 0 Å². The molecule has 4 nitrogen and oxygen atoms in total. The molecule has 3 rings (SSSR count). The number of hydrogen-bond donors (Lipinski definition) is 0. The van der Waals surface area contributed by atoms with Gasteiger partial charge in [-0.3, -0.25) is 4.79 Å². The topological polar surface area (TPSA) is 38.8 Å². The lowest BCUT2D eigenvalue weighted by molar-refractivity contribution is -0.148. The SMILES string of the molecule is Cc1ccc(CC(=O)N2CCOC[C@@]23CCOC3)cc1. The summed E-state index contributed by atoms with van der Waals surface area (Å²) in [6, 6.07) is 8.17. The minimum atomic E-state index is -0.222. The summed E-state index contributed by atoms with van der Waals surface area (Å²) in [5.41, 5.74) is 2.06. The van der Waals surface area contributed by atoms with Crippen LogP contribution in [0.2, 0.25) is 0 Å². The van der Waals surface area contributed by atoms with Crippen LogP contribution in [0.15, 0.2) is 24.3 Å². The minimum absolute atomic E-state index is 0.183. The number of nitrogens with zero attached hydrogens (tertiary/aromatic N) is 1. The molecular formula is C16H21NO3. The molecule has 4 heteroatoms. The van der Waals surface area contributed by atoms with Gasteiger partial charge < -0.3 is 14.4 Å². The Kier molecular flexibility index (Phi) is 3.76. The maximum absolute atomic E-state index is 12.6. The van der Waals surface area contributed by atoms with Gasteiger partial charge in [0, 0.05) is 13.2 Å². The Balaban J connectivity index is 1.73. The highest BCUT2D eigenvalue weighted by Crippen LogP contribution is 2.29. The van der Waals surface area contributed by atoms with Crippen LogP contribution in [0.4, 0.5) is 0 Å². The van der Waals surface area contributed by atoms with Crippen LogP contribution in [0.5, 0.6) is 0 Å². The molecule has 1 aromatic carbocycles. The van der Waals surface area contributed by atoms with Crippen molar-refractivity contribution in [2.45, 2.75) is 25.3 Å². The van der Waals surface area contributed by atoms with E-state index in [-0.39, 0.29) is 11.4 Å². The van der Waals surface area contributed by atoms with E-state index in [0.717, 1.165) is 18.6 Å². The number of carbonyl (C=O) groups is 1. The molecule has 0 unspecified atom stereocenters. The summed E-state index contributed by atoms with van der Waals surface area (Å²) >= 11 is 0. The first-order valence-corrected chi connectivity index (χ1v) is 7.21. The van der Waals surface area contributed by atoms with E-state index in [1.807, 2.05) is 17.0 Å².